The number of hydrogen-bond donors (Lipinski definition) is 3. The summed E-state index contributed by atoms with van der Waals surface area (Å²) < 4.78 is 18.9. The highest BCUT2D eigenvalue weighted by atomic mass is 35.5. The average molecular weight is 406 g/mol. The summed E-state index contributed by atoms with van der Waals surface area (Å²) in [6.07, 6.45) is 2.12. The number of nitrogens with one attached hydrogen (secondary N) is 3. The van der Waals surface area contributed by atoms with Crippen molar-refractivity contribution in [3.63, 3.8) is 0 Å². The molecule has 0 bridgehead atoms. The lowest BCUT2D eigenvalue weighted by Crippen LogP contribution is -2.34. The number of rotatable bonds is 8. The van der Waals surface area contributed by atoms with Crippen LogP contribution in [0.1, 0.15) is 36.9 Å². The van der Waals surface area contributed by atoms with Gasteiger partial charge in [-0.15, -0.1) is 0 Å². The summed E-state index contributed by atoms with van der Waals surface area (Å²) in [6.45, 7) is 3.65. The molecule has 2 aromatic rings. The van der Waals surface area contributed by atoms with Crippen molar-refractivity contribution in [2.75, 3.05) is 13.2 Å². The molecule has 28 heavy (non-hydrogen) atoms. The molecular weight excluding hydrogens is 381 g/mol. The summed E-state index contributed by atoms with van der Waals surface area (Å²) in [5, 5.41) is 2.96. The molecule has 5 nitrogen and oxygen atoms in total. The van der Waals surface area contributed by atoms with E-state index in [1.807, 2.05) is 24.3 Å². The SMILES string of the molecule is CCCCOc1ccc(C2NNCC2C(=O)NCc2ccc(F)c(Cl)c2)cc1. The molecule has 2 aromatic carbocycles. The molecule has 0 radical (unpaired) electrons. The second-order valence-corrected chi connectivity index (χ2v) is 7.25. The number of carbonyl (C=O) groups excluding carboxylic acids is 1. The third-order valence-electron chi connectivity index (χ3n) is 4.78. The normalized spacial score (nSPS) is 18.8. The largest absolute Gasteiger partial charge is 0.494 e. The van der Waals surface area contributed by atoms with Crippen molar-refractivity contribution in [2.45, 2.75) is 32.4 Å². The van der Waals surface area contributed by atoms with E-state index in [1.54, 1.807) is 6.07 Å². The van der Waals surface area contributed by atoms with Gasteiger partial charge in [0.1, 0.15) is 11.6 Å². The Bertz CT molecular complexity index is 801. The topological polar surface area (TPSA) is 62.4 Å². The van der Waals surface area contributed by atoms with Crippen LogP contribution < -0.4 is 20.9 Å². The second kappa shape index (κ2) is 9.87. The second-order valence-electron chi connectivity index (χ2n) is 6.85. The van der Waals surface area contributed by atoms with Crippen molar-refractivity contribution in [3.05, 3.63) is 64.4 Å². The van der Waals surface area contributed by atoms with Crippen LogP contribution in [0.15, 0.2) is 42.5 Å². The monoisotopic (exact) mass is 405 g/mol. The van der Waals surface area contributed by atoms with E-state index in [1.165, 1.54) is 12.1 Å². The van der Waals surface area contributed by atoms with Crippen LogP contribution in [0.25, 0.3) is 0 Å². The van der Waals surface area contributed by atoms with E-state index in [-0.39, 0.29) is 22.9 Å². The van der Waals surface area contributed by atoms with Crippen LogP contribution in [0, 0.1) is 11.7 Å². The van der Waals surface area contributed by atoms with Gasteiger partial charge in [-0.3, -0.25) is 10.2 Å². The van der Waals surface area contributed by atoms with Crippen LogP contribution in [-0.4, -0.2) is 19.1 Å². The van der Waals surface area contributed by atoms with Crippen molar-refractivity contribution < 1.29 is 13.9 Å². The summed E-state index contributed by atoms with van der Waals surface area (Å²) in [4.78, 5) is 12.7. The van der Waals surface area contributed by atoms with Gasteiger partial charge in [-0.1, -0.05) is 43.1 Å². The molecule has 0 spiro atoms. The van der Waals surface area contributed by atoms with Gasteiger partial charge in [-0.05, 0) is 41.8 Å². The van der Waals surface area contributed by atoms with Crippen LogP contribution >= 0.6 is 11.6 Å². The molecular formula is C21H25ClFN3O2. The van der Waals surface area contributed by atoms with Crippen molar-refractivity contribution >= 4 is 17.5 Å². The Labute approximate surface area is 169 Å². The van der Waals surface area contributed by atoms with Gasteiger partial charge in [0.05, 0.1) is 23.6 Å². The van der Waals surface area contributed by atoms with E-state index in [0.29, 0.717) is 19.7 Å². The molecule has 3 rings (SSSR count). The lowest BCUT2D eigenvalue weighted by Gasteiger charge is -2.19. The summed E-state index contributed by atoms with van der Waals surface area (Å²) in [5.74, 6) is 0.0227. The molecule has 1 saturated heterocycles. The molecule has 1 amide bonds. The summed E-state index contributed by atoms with van der Waals surface area (Å²) >= 11 is 5.79. The number of carbonyl (C=O) groups is 1. The summed E-state index contributed by atoms with van der Waals surface area (Å²) in [5.41, 5.74) is 7.99. The van der Waals surface area contributed by atoms with E-state index in [2.05, 4.69) is 23.1 Å². The number of benzene rings is 2. The quantitative estimate of drug-likeness (QED) is 0.585. The molecule has 0 saturated carbocycles. The highest BCUT2D eigenvalue weighted by Crippen LogP contribution is 2.27. The van der Waals surface area contributed by atoms with Gasteiger partial charge in [-0.25, -0.2) is 9.82 Å². The van der Waals surface area contributed by atoms with Crippen molar-refractivity contribution in [1.82, 2.24) is 16.2 Å². The first-order valence-electron chi connectivity index (χ1n) is 9.51. The number of hydrazine groups is 1. The van der Waals surface area contributed by atoms with Crippen LogP contribution in [0.5, 0.6) is 5.75 Å². The average Bonchev–Trinajstić information content (AvgIpc) is 3.19. The molecule has 7 heteroatoms. The highest BCUT2D eigenvalue weighted by molar-refractivity contribution is 6.30. The van der Waals surface area contributed by atoms with Crippen LogP contribution in [0.2, 0.25) is 5.02 Å². The maximum atomic E-state index is 13.3. The minimum Gasteiger partial charge on any atom is -0.494 e. The van der Waals surface area contributed by atoms with E-state index in [0.717, 1.165) is 29.7 Å². The summed E-state index contributed by atoms with van der Waals surface area (Å²) in [6, 6.07) is 12.1. The van der Waals surface area contributed by atoms with Gasteiger partial charge in [0.2, 0.25) is 5.91 Å². The highest BCUT2D eigenvalue weighted by Gasteiger charge is 2.33. The first kappa shape index (κ1) is 20.6. The molecule has 0 aliphatic carbocycles. The number of halogens is 2. The van der Waals surface area contributed by atoms with E-state index in [4.69, 9.17) is 16.3 Å². The predicted molar refractivity (Wildman–Crippen MR) is 107 cm³/mol. The minimum absolute atomic E-state index is 0.0510. The zero-order valence-corrected chi connectivity index (χ0v) is 16.6. The number of hydrogen-bond acceptors (Lipinski definition) is 4. The standard InChI is InChI=1S/C21H25ClFN3O2/c1-2-3-10-28-16-7-5-15(6-8-16)20-17(13-25-26-20)21(27)24-12-14-4-9-19(23)18(22)11-14/h4-9,11,17,20,25-26H,2-3,10,12-13H2,1H3,(H,24,27). The van der Waals surface area contributed by atoms with E-state index in [9.17, 15) is 9.18 Å². The molecule has 1 aliphatic rings. The zero-order valence-electron chi connectivity index (χ0n) is 15.8. The van der Waals surface area contributed by atoms with Crippen molar-refractivity contribution in [1.29, 1.82) is 0 Å². The van der Waals surface area contributed by atoms with E-state index >= 15 is 0 Å². The number of ether oxygens (including phenoxy) is 1. The molecule has 1 fully saturated rings. The van der Waals surface area contributed by atoms with Gasteiger partial charge >= 0.3 is 0 Å². The minimum atomic E-state index is -0.469. The Balaban J connectivity index is 1.58. The van der Waals surface area contributed by atoms with Gasteiger partial charge in [0, 0.05) is 13.1 Å². The van der Waals surface area contributed by atoms with Gasteiger partial charge in [0.15, 0.2) is 0 Å². The molecule has 2 unspecified atom stereocenters. The molecule has 3 N–H and O–H groups in total. The Morgan fingerprint density at radius 2 is 2.07 bits per heavy atom. The molecule has 150 valence electrons. The molecule has 1 aliphatic heterocycles. The number of amides is 1. The smallest absolute Gasteiger partial charge is 0.226 e. The molecule has 0 aromatic heterocycles. The molecule has 2 atom stereocenters. The van der Waals surface area contributed by atoms with Gasteiger partial charge in [-0.2, -0.15) is 0 Å². The summed E-state index contributed by atoms with van der Waals surface area (Å²) in [7, 11) is 0. The lowest BCUT2D eigenvalue weighted by atomic mass is 9.94. The first-order valence-corrected chi connectivity index (χ1v) is 9.89. The fourth-order valence-corrected chi connectivity index (χ4v) is 3.34. The van der Waals surface area contributed by atoms with Gasteiger partial charge < -0.3 is 10.1 Å². The fourth-order valence-electron chi connectivity index (χ4n) is 3.13. The van der Waals surface area contributed by atoms with Crippen LogP contribution in [0.3, 0.4) is 0 Å². The molecule has 1 heterocycles. The van der Waals surface area contributed by atoms with Crippen molar-refractivity contribution in [3.8, 4) is 5.75 Å². The Morgan fingerprint density at radius 1 is 1.29 bits per heavy atom. The van der Waals surface area contributed by atoms with E-state index < -0.39 is 5.82 Å². The van der Waals surface area contributed by atoms with Crippen LogP contribution in [-0.2, 0) is 11.3 Å². The number of unbranched alkanes of at least 4 members (excludes halogenated alkanes) is 1. The maximum absolute atomic E-state index is 13.3. The zero-order chi connectivity index (χ0) is 19.9. The van der Waals surface area contributed by atoms with Gasteiger partial charge in [0.25, 0.3) is 0 Å². The van der Waals surface area contributed by atoms with Crippen molar-refractivity contribution in [2.24, 2.45) is 5.92 Å². The third kappa shape index (κ3) is 5.22. The third-order valence-corrected chi connectivity index (χ3v) is 5.06. The maximum Gasteiger partial charge on any atom is 0.226 e. The fraction of sp³-hybridized carbons (Fsp3) is 0.381. The Morgan fingerprint density at radius 3 is 2.79 bits per heavy atom. The predicted octanol–water partition coefficient (Wildman–Crippen LogP) is 3.74. The first-order chi connectivity index (χ1) is 13.6. The van der Waals surface area contributed by atoms with Crippen LogP contribution in [0.4, 0.5) is 4.39 Å². The lowest BCUT2D eigenvalue weighted by molar-refractivity contribution is -0.125. The Hall–Kier alpha value is -2.15. The Kier molecular flexibility index (Phi) is 7.25.